The van der Waals surface area contributed by atoms with Gasteiger partial charge in [0.2, 0.25) is 0 Å². The summed E-state index contributed by atoms with van der Waals surface area (Å²) in [5, 5.41) is 0. The van der Waals surface area contributed by atoms with Crippen molar-refractivity contribution in [1.82, 2.24) is 4.98 Å². The summed E-state index contributed by atoms with van der Waals surface area (Å²) in [5.41, 5.74) is 1.71. The Bertz CT molecular complexity index is 504. The van der Waals surface area contributed by atoms with E-state index in [1.165, 1.54) is 7.11 Å². The number of aromatic amines is 1. The van der Waals surface area contributed by atoms with Gasteiger partial charge in [-0.1, -0.05) is 22.5 Å². The van der Waals surface area contributed by atoms with E-state index in [0.29, 0.717) is 21.3 Å². The zero-order chi connectivity index (χ0) is 13.9. The molecule has 1 heterocycles. The standard InChI is InChI=1S/C12H14BrNO4/c1-6(13)5-18-12(16)10-7(2)9(8(3)14-10)11(15)17-4/h14H,1,5H2,2-4H3. The molecule has 1 aromatic rings. The van der Waals surface area contributed by atoms with E-state index in [0.717, 1.165) is 0 Å². The predicted molar refractivity (Wildman–Crippen MR) is 70.0 cm³/mol. The topological polar surface area (TPSA) is 68.4 Å². The number of H-pyrrole nitrogens is 1. The normalized spacial score (nSPS) is 10.0. The second kappa shape index (κ2) is 5.86. The molecule has 98 valence electrons. The zero-order valence-electron chi connectivity index (χ0n) is 10.4. The molecule has 0 bridgehead atoms. The highest BCUT2D eigenvalue weighted by atomic mass is 79.9. The molecule has 0 saturated heterocycles. The van der Waals surface area contributed by atoms with Crippen molar-refractivity contribution in [2.75, 3.05) is 13.7 Å². The molecule has 1 rings (SSSR count). The van der Waals surface area contributed by atoms with Gasteiger partial charge in [0, 0.05) is 10.2 Å². The fraction of sp³-hybridized carbons (Fsp3) is 0.333. The van der Waals surface area contributed by atoms with Gasteiger partial charge in [0.05, 0.1) is 12.7 Å². The van der Waals surface area contributed by atoms with Crippen molar-refractivity contribution in [2.24, 2.45) is 0 Å². The van der Waals surface area contributed by atoms with Crippen molar-refractivity contribution in [1.29, 1.82) is 0 Å². The van der Waals surface area contributed by atoms with E-state index >= 15 is 0 Å². The lowest BCUT2D eigenvalue weighted by Gasteiger charge is -2.03. The molecule has 0 amide bonds. The molecule has 1 N–H and O–H groups in total. The first kappa shape index (κ1) is 14.5. The highest BCUT2D eigenvalue weighted by Gasteiger charge is 2.23. The predicted octanol–water partition coefficient (Wildman–Crippen LogP) is 2.48. The van der Waals surface area contributed by atoms with E-state index in [4.69, 9.17) is 4.74 Å². The van der Waals surface area contributed by atoms with E-state index in [2.05, 4.69) is 32.2 Å². The van der Waals surface area contributed by atoms with E-state index in [1.54, 1.807) is 13.8 Å². The van der Waals surface area contributed by atoms with Crippen LogP contribution in [0.25, 0.3) is 0 Å². The first-order valence-corrected chi connectivity index (χ1v) is 5.95. The Morgan fingerprint density at radius 1 is 1.33 bits per heavy atom. The summed E-state index contributed by atoms with van der Waals surface area (Å²) in [7, 11) is 1.29. The van der Waals surface area contributed by atoms with Gasteiger partial charge in [-0.25, -0.2) is 9.59 Å². The van der Waals surface area contributed by atoms with Gasteiger partial charge in [-0.05, 0) is 19.4 Å². The van der Waals surface area contributed by atoms with Crippen LogP contribution in [0.4, 0.5) is 0 Å². The Morgan fingerprint density at radius 2 is 1.94 bits per heavy atom. The molecule has 0 unspecified atom stereocenters. The summed E-state index contributed by atoms with van der Waals surface area (Å²) >= 11 is 3.09. The minimum absolute atomic E-state index is 0.0733. The number of rotatable bonds is 4. The number of carbonyl (C=O) groups is 2. The molecule has 6 heteroatoms. The third-order valence-corrected chi connectivity index (χ3v) is 2.62. The summed E-state index contributed by atoms with van der Waals surface area (Å²) in [5.74, 6) is -1.02. The first-order chi connectivity index (χ1) is 8.38. The van der Waals surface area contributed by atoms with Gasteiger partial charge in [0.25, 0.3) is 0 Å². The maximum absolute atomic E-state index is 11.8. The van der Waals surface area contributed by atoms with Crippen LogP contribution in [0.1, 0.15) is 32.1 Å². The van der Waals surface area contributed by atoms with Crippen molar-refractivity contribution in [3.63, 3.8) is 0 Å². The third-order valence-electron chi connectivity index (χ3n) is 2.39. The number of ether oxygens (including phenoxy) is 2. The van der Waals surface area contributed by atoms with E-state index in [1.807, 2.05) is 0 Å². The van der Waals surface area contributed by atoms with E-state index in [9.17, 15) is 9.59 Å². The largest absolute Gasteiger partial charge is 0.465 e. The van der Waals surface area contributed by atoms with Gasteiger partial charge < -0.3 is 14.5 Å². The second-order valence-corrected chi connectivity index (χ2v) is 4.83. The highest BCUT2D eigenvalue weighted by molar-refractivity contribution is 9.11. The lowest BCUT2D eigenvalue weighted by atomic mass is 10.1. The van der Waals surface area contributed by atoms with Gasteiger partial charge in [-0.2, -0.15) is 0 Å². The van der Waals surface area contributed by atoms with Crippen LogP contribution in [0.15, 0.2) is 11.1 Å². The average molecular weight is 316 g/mol. The molecule has 0 radical (unpaired) electrons. The van der Waals surface area contributed by atoms with Crippen LogP contribution in [0.2, 0.25) is 0 Å². The van der Waals surface area contributed by atoms with Crippen molar-refractivity contribution in [3.05, 3.63) is 33.6 Å². The smallest absolute Gasteiger partial charge is 0.355 e. The van der Waals surface area contributed by atoms with Crippen molar-refractivity contribution >= 4 is 27.9 Å². The Balaban J connectivity index is 3.01. The SMILES string of the molecule is C=C(Br)COC(=O)c1[nH]c(C)c(C(=O)OC)c1C. The Labute approximate surface area is 113 Å². The number of aromatic nitrogens is 1. The zero-order valence-corrected chi connectivity index (χ0v) is 12.0. The average Bonchev–Trinajstić information content (AvgIpc) is 2.61. The van der Waals surface area contributed by atoms with Crippen LogP contribution in [0, 0.1) is 13.8 Å². The molecule has 0 aromatic carbocycles. The maximum Gasteiger partial charge on any atom is 0.355 e. The summed E-state index contributed by atoms with van der Waals surface area (Å²) in [6.45, 7) is 6.99. The lowest BCUT2D eigenvalue weighted by molar-refractivity contribution is 0.0540. The van der Waals surface area contributed by atoms with Crippen LogP contribution in [0.3, 0.4) is 0 Å². The van der Waals surface area contributed by atoms with E-state index < -0.39 is 11.9 Å². The number of esters is 2. The number of halogens is 1. The molecule has 0 aliphatic rings. The third kappa shape index (κ3) is 3.01. The van der Waals surface area contributed by atoms with Crippen molar-refractivity contribution < 1.29 is 19.1 Å². The van der Waals surface area contributed by atoms with Crippen LogP contribution in [0.5, 0.6) is 0 Å². The molecule has 0 spiro atoms. The number of hydrogen-bond acceptors (Lipinski definition) is 4. The summed E-state index contributed by atoms with van der Waals surface area (Å²) in [6.07, 6.45) is 0. The van der Waals surface area contributed by atoms with Gasteiger partial charge >= 0.3 is 11.9 Å². The number of aryl methyl sites for hydroxylation is 1. The second-order valence-electron chi connectivity index (χ2n) is 3.71. The molecule has 5 nitrogen and oxygen atoms in total. The van der Waals surface area contributed by atoms with E-state index in [-0.39, 0.29) is 12.3 Å². The quantitative estimate of drug-likeness (QED) is 0.867. The summed E-state index contributed by atoms with van der Waals surface area (Å²) in [6, 6.07) is 0. The number of methoxy groups -OCH3 is 1. The van der Waals surface area contributed by atoms with Gasteiger partial charge in [0.1, 0.15) is 12.3 Å². The molecular weight excluding hydrogens is 302 g/mol. The fourth-order valence-electron chi connectivity index (χ4n) is 1.58. The molecule has 0 saturated carbocycles. The van der Waals surface area contributed by atoms with Gasteiger partial charge in [-0.3, -0.25) is 0 Å². The lowest BCUT2D eigenvalue weighted by Crippen LogP contribution is -2.09. The molecule has 0 aliphatic carbocycles. The number of hydrogen-bond donors (Lipinski definition) is 1. The van der Waals surface area contributed by atoms with Gasteiger partial charge in [0.15, 0.2) is 0 Å². The first-order valence-electron chi connectivity index (χ1n) is 5.16. The molecule has 1 aromatic heterocycles. The molecule has 0 fully saturated rings. The Morgan fingerprint density at radius 3 is 2.44 bits per heavy atom. The van der Waals surface area contributed by atoms with Crippen LogP contribution in [-0.2, 0) is 9.47 Å². The van der Waals surface area contributed by atoms with Crippen molar-refractivity contribution in [2.45, 2.75) is 13.8 Å². The van der Waals surface area contributed by atoms with Crippen LogP contribution in [-0.4, -0.2) is 30.6 Å². The summed E-state index contributed by atoms with van der Waals surface area (Å²) < 4.78 is 10.2. The molecule has 0 aliphatic heterocycles. The number of carbonyl (C=O) groups excluding carboxylic acids is 2. The van der Waals surface area contributed by atoms with Gasteiger partial charge in [-0.15, -0.1) is 0 Å². The van der Waals surface area contributed by atoms with Crippen LogP contribution >= 0.6 is 15.9 Å². The Kier molecular flexibility index (Phi) is 4.72. The minimum atomic E-state index is -0.536. The van der Waals surface area contributed by atoms with Crippen molar-refractivity contribution in [3.8, 4) is 0 Å². The molecule has 18 heavy (non-hydrogen) atoms. The Hall–Kier alpha value is -1.56. The highest BCUT2D eigenvalue weighted by Crippen LogP contribution is 2.19. The number of nitrogens with one attached hydrogen (secondary N) is 1. The minimum Gasteiger partial charge on any atom is -0.465 e. The maximum atomic E-state index is 11.8. The monoisotopic (exact) mass is 315 g/mol. The molecular formula is C12H14BrNO4. The fourth-order valence-corrected chi connectivity index (χ4v) is 1.69. The summed E-state index contributed by atoms with van der Waals surface area (Å²) in [4.78, 5) is 26.2. The molecule has 0 atom stereocenters. The van der Waals surface area contributed by atoms with Crippen LogP contribution < -0.4 is 0 Å².